The van der Waals surface area contributed by atoms with E-state index in [4.69, 9.17) is 9.94 Å². The van der Waals surface area contributed by atoms with Gasteiger partial charge in [-0.3, -0.25) is 15.0 Å². The minimum atomic E-state index is -0.554. The van der Waals surface area contributed by atoms with Crippen LogP contribution in [0.5, 0.6) is 0 Å². The molecule has 0 radical (unpaired) electrons. The summed E-state index contributed by atoms with van der Waals surface area (Å²) in [5.74, 6) is -0.255. The van der Waals surface area contributed by atoms with Crippen LogP contribution in [0.2, 0.25) is 0 Å². The van der Waals surface area contributed by atoms with Crippen LogP contribution >= 0.6 is 0 Å². The van der Waals surface area contributed by atoms with E-state index in [1.165, 1.54) is 5.56 Å². The molecule has 1 aromatic carbocycles. The third-order valence-corrected chi connectivity index (χ3v) is 4.17. The van der Waals surface area contributed by atoms with Crippen molar-refractivity contribution in [3.8, 4) is 0 Å². The topological polar surface area (TPSA) is 103 Å². The number of ether oxygens (including phenoxy) is 1. The summed E-state index contributed by atoms with van der Waals surface area (Å²) in [5, 5.41) is 14.3. The van der Waals surface area contributed by atoms with Crippen LogP contribution in [-0.2, 0) is 22.5 Å². The Balaban J connectivity index is 2.01. The molecule has 0 saturated carbocycles. The fourth-order valence-corrected chi connectivity index (χ4v) is 3.15. The van der Waals surface area contributed by atoms with Crippen molar-refractivity contribution in [2.24, 2.45) is 0 Å². The van der Waals surface area contributed by atoms with E-state index in [0.29, 0.717) is 13.1 Å². The summed E-state index contributed by atoms with van der Waals surface area (Å²) in [5.41, 5.74) is 4.34. The first-order valence-electron chi connectivity index (χ1n) is 9.17. The highest BCUT2D eigenvalue weighted by Crippen LogP contribution is 2.27. The number of benzene rings is 1. The van der Waals surface area contributed by atoms with Gasteiger partial charge < -0.3 is 15.3 Å². The Morgan fingerprint density at radius 3 is 2.74 bits per heavy atom. The molecule has 0 saturated heterocycles. The molecule has 0 fully saturated rings. The van der Waals surface area contributed by atoms with Gasteiger partial charge in [0.2, 0.25) is 5.91 Å². The Kier molecular flexibility index (Phi) is 7.18. The lowest BCUT2D eigenvalue weighted by Gasteiger charge is -2.32. The summed E-state index contributed by atoms with van der Waals surface area (Å²) in [6, 6.07) is 5.83. The zero-order valence-corrected chi connectivity index (χ0v) is 16.5. The number of hydrogen-bond donors (Lipinski definition) is 4. The molecular weight excluding hydrogens is 348 g/mol. The van der Waals surface area contributed by atoms with Gasteiger partial charge in [-0.1, -0.05) is 12.1 Å². The van der Waals surface area contributed by atoms with E-state index in [2.05, 4.69) is 21.6 Å². The molecule has 2 amide bonds. The lowest BCUT2D eigenvalue weighted by molar-refractivity contribution is -0.122. The second-order valence-corrected chi connectivity index (χ2v) is 7.86. The van der Waals surface area contributed by atoms with Crippen LogP contribution in [0.15, 0.2) is 18.2 Å². The van der Waals surface area contributed by atoms with E-state index in [1.807, 2.05) is 45.3 Å². The Hall–Kier alpha value is -2.16. The average molecular weight is 378 g/mol. The maximum atomic E-state index is 12.1. The molecule has 27 heavy (non-hydrogen) atoms. The monoisotopic (exact) mass is 378 g/mol. The number of nitrogens with zero attached hydrogens (tertiary/aromatic N) is 1. The van der Waals surface area contributed by atoms with Crippen molar-refractivity contribution in [2.75, 3.05) is 25.0 Å². The standard InChI is InChI=1S/C19H30N4O4/c1-13(21-17(24)10-20-26)11-23-9-8-14-6-5-7-16(15(14)12-23)22-18(25)27-19(2,3)4/h5-7,13,20,26H,8-12H2,1-4H3,(H,21,24)(H,22,25)/t13-/m0/s1. The van der Waals surface area contributed by atoms with Gasteiger partial charge in [-0.2, -0.15) is 5.48 Å². The second kappa shape index (κ2) is 9.16. The molecule has 8 nitrogen and oxygen atoms in total. The van der Waals surface area contributed by atoms with Gasteiger partial charge in [-0.25, -0.2) is 4.79 Å². The highest BCUT2D eigenvalue weighted by molar-refractivity contribution is 5.86. The predicted octanol–water partition coefficient (Wildman–Crippen LogP) is 1.88. The van der Waals surface area contributed by atoms with E-state index in [0.717, 1.165) is 24.2 Å². The molecule has 4 N–H and O–H groups in total. The predicted molar refractivity (Wildman–Crippen MR) is 103 cm³/mol. The lowest BCUT2D eigenvalue weighted by Crippen LogP contribution is -2.45. The summed E-state index contributed by atoms with van der Waals surface area (Å²) in [7, 11) is 0. The van der Waals surface area contributed by atoms with Crippen molar-refractivity contribution in [1.29, 1.82) is 0 Å². The largest absolute Gasteiger partial charge is 0.444 e. The average Bonchev–Trinajstić information content (AvgIpc) is 2.53. The molecule has 2 rings (SSSR count). The van der Waals surface area contributed by atoms with Gasteiger partial charge >= 0.3 is 6.09 Å². The Labute approximate surface area is 160 Å². The SMILES string of the molecule is C[C@@H](CN1CCc2cccc(NC(=O)OC(C)(C)C)c2C1)NC(=O)CNO. The molecule has 150 valence electrons. The van der Waals surface area contributed by atoms with Gasteiger partial charge in [0.25, 0.3) is 0 Å². The number of hydroxylamine groups is 1. The van der Waals surface area contributed by atoms with Crippen molar-refractivity contribution in [3.05, 3.63) is 29.3 Å². The summed E-state index contributed by atoms with van der Waals surface area (Å²) < 4.78 is 5.35. The number of fused-ring (bicyclic) bond motifs is 1. The van der Waals surface area contributed by atoms with Gasteiger partial charge in [-0.05, 0) is 51.3 Å². The van der Waals surface area contributed by atoms with Gasteiger partial charge in [0, 0.05) is 31.4 Å². The van der Waals surface area contributed by atoms with Crippen LogP contribution in [0.1, 0.15) is 38.8 Å². The van der Waals surface area contributed by atoms with Gasteiger partial charge in [-0.15, -0.1) is 0 Å². The van der Waals surface area contributed by atoms with Crippen LogP contribution in [0.4, 0.5) is 10.5 Å². The summed E-state index contributed by atoms with van der Waals surface area (Å²) in [6.45, 7) is 9.52. The number of carbonyl (C=O) groups is 2. The van der Waals surface area contributed by atoms with Crippen molar-refractivity contribution < 1.29 is 19.5 Å². The Morgan fingerprint density at radius 1 is 1.33 bits per heavy atom. The maximum Gasteiger partial charge on any atom is 0.412 e. The fourth-order valence-electron chi connectivity index (χ4n) is 3.15. The smallest absolute Gasteiger partial charge is 0.412 e. The first kappa shape index (κ1) is 21.1. The quantitative estimate of drug-likeness (QED) is 0.564. The molecule has 0 bridgehead atoms. The maximum absolute atomic E-state index is 12.1. The molecule has 1 aliphatic heterocycles. The third-order valence-electron chi connectivity index (χ3n) is 4.17. The lowest BCUT2D eigenvalue weighted by atomic mass is 9.97. The van der Waals surface area contributed by atoms with Crippen molar-refractivity contribution in [1.82, 2.24) is 15.7 Å². The first-order chi connectivity index (χ1) is 12.7. The highest BCUT2D eigenvalue weighted by atomic mass is 16.6. The van der Waals surface area contributed by atoms with Crippen molar-refractivity contribution >= 4 is 17.7 Å². The Bertz CT molecular complexity index is 672. The fraction of sp³-hybridized carbons (Fsp3) is 0.579. The van der Waals surface area contributed by atoms with E-state index < -0.39 is 11.7 Å². The number of carbonyl (C=O) groups excluding carboxylic acids is 2. The minimum Gasteiger partial charge on any atom is -0.444 e. The Morgan fingerprint density at radius 2 is 2.07 bits per heavy atom. The highest BCUT2D eigenvalue weighted by Gasteiger charge is 2.23. The van der Waals surface area contributed by atoms with E-state index in [-0.39, 0.29) is 18.5 Å². The van der Waals surface area contributed by atoms with Crippen LogP contribution in [-0.4, -0.2) is 53.4 Å². The van der Waals surface area contributed by atoms with E-state index in [9.17, 15) is 9.59 Å². The van der Waals surface area contributed by atoms with Gasteiger partial charge in [0.15, 0.2) is 0 Å². The third kappa shape index (κ3) is 6.82. The molecule has 1 aromatic rings. The number of amides is 2. The van der Waals surface area contributed by atoms with Crippen LogP contribution in [0.3, 0.4) is 0 Å². The molecule has 8 heteroatoms. The van der Waals surface area contributed by atoms with Gasteiger partial charge in [0.1, 0.15) is 5.60 Å². The normalized spacial score (nSPS) is 15.6. The molecule has 0 unspecified atom stereocenters. The van der Waals surface area contributed by atoms with Crippen LogP contribution in [0, 0.1) is 0 Å². The zero-order valence-electron chi connectivity index (χ0n) is 16.5. The van der Waals surface area contributed by atoms with E-state index >= 15 is 0 Å². The molecule has 1 heterocycles. The molecule has 1 atom stereocenters. The second-order valence-electron chi connectivity index (χ2n) is 7.86. The van der Waals surface area contributed by atoms with Crippen LogP contribution in [0.25, 0.3) is 0 Å². The molecule has 0 aliphatic carbocycles. The summed E-state index contributed by atoms with van der Waals surface area (Å²) >= 11 is 0. The number of rotatable bonds is 6. The molecule has 1 aliphatic rings. The van der Waals surface area contributed by atoms with Crippen LogP contribution < -0.4 is 16.1 Å². The number of nitrogens with one attached hydrogen (secondary N) is 3. The molecular formula is C19H30N4O4. The van der Waals surface area contributed by atoms with Crippen molar-refractivity contribution in [2.45, 2.75) is 52.3 Å². The van der Waals surface area contributed by atoms with Gasteiger partial charge in [0.05, 0.1) is 6.54 Å². The van der Waals surface area contributed by atoms with Crippen molar-refractivity contribution in [3.63, 3.8) is 0 Å². The number of anilines is 1. The summed E-state index contributed by atoms with van der Waals surface area (Å²) in [6.07, 6.45) is 0.406. The number of hydrogen-bond acceptors (Lipinski definition) is 6. The summed E-state index contributed by atoms with van der Waals surface area (Å²) in [4.78, 5) is 25.9. The first-order valence-corrected chi connectivity index (χ1v) is 9.17. The minimum absolute atomic E-state index is 0.0571. The van der Waals surface area contributed by atoms with E-state index in [1.54, 1.807) is 0 Å². The molecule has 0 spiro atoms. The molecule has 0 aromatic heterocycles. The zero-order chi connectivity index (χ0) is 20.0.